The van der Waals surface area contributed by atoms with Gasteiger partial charge in [0.1, 0.15) is 5.69 Å². The van der Waals surface area contributed by atoms with Crippen molar-refractivity contribution >= 4 is 5.69 Å². The van der Waals surface area contributed by atoms with Gasteiger partial charge in [0.2, 0.25) is 0 Å². The van der Waals surface area contributed by atoms with Gasteiger partial charge in [0.05, 0.1) is 0 Å². The van der Waals surface area contributed by atoms with Gasteiger partial charge in [0.25, 0.3) is 5.56 Å². The Balaban J connectivity index is 3.21. The van der Waals surface area contributed by atoms with Gasteiger partial charge in [-0.25, -0.2) is 0 Å². The Morgan fingerprint density at radius 2 is 2.36 bits per heavy atom. The molecule has 0 bridgehead atoms. The SMILES string of the molecule is CCn1cccc(NC)c1=O. The van der Waals surface area contributed by atoms with Crippen LogP contribution in [-0.4, -0.2) is 11.6 Å². The van der Waals surface area contributed by atoms with Crippen LogP contribution in [0.3, 0.4) is 0 Å². The van der Waals surface area contributed by atoms with Crippen molar-refractivity contribution in [2.75, 3.05) is 12.4 Å². The summed E-state index contributed by atoms with van der Waals surface area (Å²) in [5.74, 6) is 0. The summed E-state index contributed by atoms with van der Waals surface area (Å²) in [5.41, 5.74) is 0.687. The van der Waals surface area contributed by atoms with E-state index in [9.17, 15) is 4.79 Å². The molecule has 1 rings (SSSR count). The molecule has 1 aromatic rings. The van der Waals surface area contributed by atoms with Crippen molar-refractivity contribution in [2.24, 2.45) is 0 Å². The largest absolute Gasteiger partial charge is 0.384 e. The molecule has 0 aliphatic heterocycles. The van der Waals surface area contributed by atoms with Crippen LogP contribution in [0, 0.1) is 0 Å². The molecule has 3 nitrogen and oxygen atoms in total. The van der Waals surface area contributed by atoms with E-state index in [0.29, 0.717) is 12.2 Å². The summed E-state index contributed by atoms with van der Waals surface area (Å²) < 4.78 is 1.66. The first-order valence-electron chi connectivity index (χ1n) is 3.66. The minimum absolute atomic E-state index is 0.0394. The van der Waals surface area contributed by atoms with Gasteiger partial charge in [-0.1, -0.05) is 0 Å². The third-order valence-corrected chi connectivity index (χ3v) is 1.63. The zero-order valence-electron chi connectivity index (χ0n) is 6.79. The fourth-order valence-electron chi connectivity index (χ4n) is 0.976. The highest BCUT2D eigenvalue weighted by Gasteiger charge is 1.96. The molecule has 11 heavy (non-hydrogen) atoms. The fourth-order valence-corrected chi connectivity index (χ4v) is 0.976. The standard InChI is InChI=1S/C8H12N2O/c1-3-10-6-4-5-7(9-2)8(10)11/h4-6,9H,3H2,1-2H3. The van der Waals surface area contributed by atoms with Crippen LogP contribution in [0.1, 0.15) is 6.92 Å². The highest BCUT2D eigenvalue weighted by molar-refractivity contribution is 5.39. The summed E-state index contributed by atoms with van der Waals surface area (Å²) in [6, 6.07) is 3.63. The molecule has 1 N–H and O–H groups in total. The summed E-state index contributed by atoms with van der Waals surface area (Å²) in [6.45, 7) is 2.66. The number of hydrogen-bond donors (Lipinski definition) is 1. The van der Waals surface area contributed by atoms with Gasteiger partial charge in [0, 0.05) is 19.8 Å². The average molecular weight is 152 g/mol. The molecule has 0 spiro atoms. The number of nitrogens with zero attached hydrogens (tertiary/aromatic N) is 1. The van der Waals surface area contributed by atoms with Crippen molar-refractivity contribution in [3.05, 3.63) is 28.7 Å². The lowest BCUT2D eigenvalue weighted by molar-refractivity contribution is 0.729. The number of aryl methyl sites for hydroxylation is 1. The molecule has 1 aromatic heterocycles. The quantitative estimate of drug-likeness (QED) is 0.683. The number of aromatic nitrogens is 1. The van der Waals surface area contributed by atoms with Crippen molar-refractivity contribution in [2.45, 2.75) is 13.5 Å². The molecule has 3 heteroatoms. The third-order valence-electron chi connectivity index (χ3n) is 1.63. The van der Waals surface area contributed by atoms with Crippen molar-refractivity contribution in [1.29, 1.82) is 0 Å². The van der Waals surface area contributed by atoms with Gasteiger partial charge in [-0.15, -0.1) is 0 Å². The van der Waals surface area contributed by atoms with Crippen LogP contribution in [0.4, 0.5) is 5.69 Å². The van der Waals surface area contributed by atoms with Crippen molar-refractivity contribution in [3.63, 3.8) is 0 Å². The van der Waals surface area contributed by atoms with Crippen molar-refractivity contribution in [3.8, 4) is 0 Å². The van der Waals surface area contributed by atoms with Crippen LogP contribution in [0.5, 0.6) is 0 Å². The van der Waals surface area contributed by atoms with E-state index in [-0.39, 0.29) is 5.56 Å². The van der Waals surface area contributed by atoms with E-state index in [4.69, 9.17) is 0 Å². The molecule has 0 atom stereocenters. The second kappa shape index (κ2) is 3.23. The first-order valence-corrected chi connectivity index (χ1v) is 3.66. The lowest BCUT2D eigenvalue weighted by Gasteiger charge is -2.03. The summed E-state index contributed by atoms with van der Waals surface area (Å²) in [5, 5.41) is 2.84. The van der Waals surface area contributed by atoms with E-state index in [1.807, 2.05) is 13.0 Å². The molecule has 0 saturated carbocycles. The molecule has 0 saturated heterocycles. The summed E-state index contributed by atoms with van der Waals surface area (Å²) in [7, 11) is 1.75. The van der Waals surface area contributed by atoms with E-state index in [1.165, 1.54) is 0 Å². The van der Waals surface area contributed by atoms with Gasteiger partial charge < -0.3 is 9.88 Å². The van der Waals surface area contributed by atoms with Crippen LogP contribution in [-0.2, 0) is 6.54 Å². The zero-order chi connectivity index (χ0) is 8.27. The fraction of sp³-hybridized carbons (Fsp3) is 0.375. The van der Waals surface area contributed by atoms with E-state index in [2.05, 4.69) is 5.32 Å². The minimum atomic E-state index is 0.0394. The predicted octanol–water partition coefficient (Wildman–Crippen LogP) is 0.910. The molecular formula is C8H12N2O. The molecule has 0 aliphatic rings. The Kier molecular flexibility index (Phi) is 2.31. The number of anilines is 1. The smallest absolute Gasteiger partial charge is 0.273 e. The Morgan fingerprint density at radius 3 is 2.91 bits per heavy atom. The Hall–Kier alpha value is -1.25. The van der Waals surface area contributed by atoms with Gasteiger partial charge >= 0.3 is 0 Å². The molecular weight excluding hydrogens is 140 g/mol. The Morgan fingerprint density at radius 1 is 1.64 bits per heavy atom. The van der Waals surface area contributed by atoms with Crippen molar-refractivity contribution < 1.29 is 0 Å². The lowest BCUT2D eigenvalue weighted by atomic mass is 10.4. The molecule has 0 radical (unpaired) electrons. The molecule has 0 aliphatic carbocycles. The summed E-state index contributed by atoms with van der Waals surface area (Å²) >= 11 is 0. The number of rotatable bonds is 2. The summed E-state index contributed by atoms with van der Waals surface area (Å²) in [4.78, 5) is 11.3. The monoisotopic (exact) mass is 152 g/mol. The van der Waals surface area contributed by atoms with Gasteiger partial charge in [-0.2, -0.15) is 0 Å². The van der Waals surface area contributed by atoms with Gasteiger partial charge in [0.15, 0.2) is 0 Å². The van der Waals surface area contributed by atoms with Crippen LogP contribution in [0.15, 0.2) is 23.1 Å². The minimum Gasteiger partial charge on any atom is -0.384 e. The molecule has 1 heterocycles. The van der Waals surface area contributed by atoms with Crippen LogP contribution in [0.25, 0.3) is 0 Å². The molecule has 0 fully saturated rings. The number of pyridine rings is 1. The number of nitrogens with one attached hydrogen (secondary N) is 1. The van der Waals surface area contributed by atoms with Gasteiger partial charge in [-0.05, 0) is 19.1 Å². The van der Waals surface area contributed by atoms with Crippen LogP contribution in [0.2, 0.25) is 0 Å². The highest BCUT2D eigenvalue weighted by Crippen LogP contribution is 1.95. The maximum Gasteiger partial charge on any atom is 0.273 e. The Labute approximate surface area is 65.7 Å². The first-order chi connectivity index (χ1) is 5.29. The van der Waals surface area contributed by atoms with Gasteiger partial charge in [-0.3, -0.25) is 4.79 Å². The second-order valence-corrected chi connectivity index (χ2v) is 2.26. The topological polar surface area (TPSA) is 34.0 Å². The van der Waals surface area contributed by atoms with Crippen molar-refractivity contribution in [1.82, 2.24) is 4.57 Å². The molecule has 0 aromatic carbocycles. The highest BCUT2D eigenvalue weighted by atomic mass is 16.1. The van der Waals surface area contributed by atoms with E-state index in [1.54, 1.807) is 23.9 Å². The normalized spacial score (nSPS) is 9.64. The average Bonchev–Trinajstić information content (AvgIpc) is 2.05. The summed E-state index contributed by atoms with van der Waals surface area (Å²) in [6.07, 6.45) is 1.78. The van der Waals surface area contributed by atoms with E-state index < -0.39 is 0 Å². The zero-order valence-corrected chi connectivity index (χ0v) is 6.79. The van der Waals surface area contributed by atoms with Crippen LogP contribution < -0.4 is 10.9 Å². The van der Waals surface area contributed by atoms with E-state index >= 15 is 0 Å². The second-order valence-electron chi connectivity index (χ2n) is 2.26. The lowest BCUT2D eigenvalue weighted by Crippen LogP contribution is -2.20. The molecule has 0 amide bonds. The van der Waals surface area contributed by atoms with Crippen LogP contribution >= 0.6 is 0 Å². The number of hydrogen-bond acceptors (Lipinski definition) is 2. The maximum absolute atomic E-state index is 11.3. The third kappa shape index (κ3) is 1.42. The molecule has 0 unspecified atom stereocenters. The van der Waals surface area contributed by atoms with E-state index in [0.717, 1.165) is 0 Å². The first kappa shape index (κ1) is 7.85. The Bertz CT molecular complexity index is 265. The molecule has 60 valence electrons. The predicted molar refractivity (Wildman–Crippen MR) is 45.9 cm³/mol. The maximum atomic E-state index is 11.3.